The molecule has 0 N–H and O–H groups in total. The van der Waals surface area contributed by atoms with Crippen molar-refractivity contribution in [3.8, 4) is 6.07 Å². The molecule has 15 heavy (non-hydrogen) atoms. The molecule has 1 heterocycles. The number of hydrogen-bond donors (Lipinski definition) is 0. The number of pyridine rings is 1. The Morgan fingerprint density at radius 3 is 2.40 bits per heavy atom. The van der Waals surface area contributed by atoms with Crippen LogP contribution in [0.3, 0.4) is 0 Å². The molecule has 0 radical (unpaired) electrons. The van der Waals surface area contributed by atoms with Crippen LogP contribution in [0.15, 0.2) is 12.3 Å². The Labute approximate surface area is 85.4 Å². The fraction of sp³-hybridized carbons (Fsp3) is 0.400. The summed E-state index contributed by atoms with van der Waals surface area (Å²) in [5.74, 6) is -0.325. The molecular formula is C10H9F3N2. The van der Waals surface area contributed by atoms with Crippen LogP contribution < -0.4 is 0 Å². The molecule has 0 amide bonds. The summed E-state index contributed by atoms with van der Waals surface area (Å²) in [6.45, 7) is 3.26. The first-order valence-electron chi connectivity index (χ1n) is 4.33. The van der Waals surface area contributed by atoms with Gasteiger partial charge in [0.2, 0.25) is 0 Å². The third-order valence-corrected chi connectivity index (χ3v) is 1.90. The van der Waals surface area contributed by atoms with Gasteiger partial charge in [0.15, 0.2) is 0 Å². The molecule has 5 heteroatoms. The Hall–Kier alpha value is -1.57. The lowest BCUT2D eigenvalue weighted by Crippen LogP contribution is -2.12. The van der Waals surface area contributed by atoms with Crippen molar-refractivity contribution in [2.75, 3.05) is 0 Å². The summed E-state index contributed by atoms with van der Waals surface area (Å²) < 4.78 is 37.7. The van der Waals surface area contributed by atoms with Crippen molar-refractivity contribution in [1.29, 1.82) is 5.26 Å². The van der Waals surface area contributed by atoms with E-state index in [0.29, 0.717) is 0 Å². The highest BCUT2D eigenvalue weighted by Gasteiger charge is 2.35. The third kappa shape index (κ3) is 2.46. The molecule has 0 aliphatic rings. The van der Waals surface area contributed by atoms with Crippen LogP contribution in [0.5, 0.6) is 0 Å². The van der Waals surface area contributed by atoms with Crippen LogP contribution >= 0.6 is 0 Å². The van der Waals surface area contributed by atoms with E-state index in [2.05, 4.69) is 4.98 Å². The van der Waals surface area contributed by atoms with E-state index in [0.717, 1.165) is 12.3 Å². The lowest BCUT2D eigenvalue weighted by Gasteiger charge is -2.14. The zero-order chi connectivity index (χ0) is 11.6. The minimum absolute atomic E-state index is 0.0264. The fourth-order valence-electron chi connectivity index (χ4n) is 1.22. The second kappa shape index (κ2) is 3.89. The van der Waals surface area contributed by atoms with Crippen LogP contribution in [0, 0.1) is 11.3 Å². The maximum Gasteiger partial charge on any atom is 0.418 e. The molecule has 1 aromatic heterocycles. The molecule has 2 nitrogen and oxygen atoms in total. The molecule has 0 fully saturated rings. The molecule has 0 aliphatic heterocycles. The molecular weight excluding hydrogens is 205 g/mol. The molecule has 1 aromatic rings. The Bertz CT molecular complexity index is 402. The molecule has 0 atom stereocenters. The number of halogens is 3. The minimum atomic E-state index is -4.46. The number of alkyl halides is 3. The lowest BCUT2D eigenvalue weighted by atomic mass is 10.0. The van der Waals surface area contributed by atoms with Crippen molar-refractivity contribution in [2.24, 2.45) is 0 Å². The summed E-state index contributed by atoms with van der Waals surface area (Å²) >= 11 is 0. The Morgan fingerprint density at radius 2 is 2.00 bits per heavy atom. The summed E-state index contributed by atoms with van der Waals surface area (Å²) in [6.07, 6.45) is -3.30. The Balaban J connectivity index is 3.37. The number of hydrogen-bond acceptors (Lipinski definition) is 2. The van der Waals surface area contributed by atoms with Crippen LogP contribution in [0.25, 0.3) is 0 Å². The Morgan fingerprint density at radius 1 is 1.40 bits per heavy atom. The second-order valence-electron chi connectivity index (χ2n) is 3.42. The monoisotopic (exact) mass is 214 g/mol. The molecule has 1 rings (SSSR count). The summed E-state index contributed by atoms with van der Waals surface area (Å²) in [5.41, 5.74) is -0.926. The van der Waals surface area contributed by atoms with Gasteiger partial charge in [0.05, 0.1) is 16.8 Å². The van der Waals surface area contributed by atoms with E-state index >= 15 is 0 Å². The third-order valence-electron chi connectivity index (χ3n) is 1.90. The van der Waals surface area contributed by atoms with Crippen molar-refractivity contribution in [3.05, 3.63) is 29.1 Å². The quantitative estimate of drug-likeness (QED) is 0.720. The number of nitrogens with zero attached hydrogens (tertiary/aromatic N) is 2. The van der Waals surface area contributed by atoms with E-state index in [-0.39, 0.29) is 17.2 Å². The van der Waals surface area contributed by atoms with Gasteiger partial charge in [-0.3, -0.25) is 4.98 Å². The van der Waals surface area contributed by atoms with E-state index in [9.17, 15) is 13.2 Å². The van der Waals surface area contributed by atoms with Crippen LogP contribution in [0.1, 0.15) is 36.6 Å². The largest absolute Gasteiger partial charge is 0.418 e. The highest BCUT2D eigenvalue weighted by atomic mass is 19.4. The van der Waals surface area contributed by atoms with E-state index in [1.165, 1.54) is 0 Å². The smallest absolute Gasteiger partial charge is 0.259 e. The van der Waals surface area contributed by atoms with Gasteiger partial charge in [-0.1, -0.05) is 13.8 Å². The number of rotatable bonds is 1. The average Bonchev–Trinajstić information content (AvgIpc) is 2.15. The standard InChI is InChI=1S/C10H9F3N2/c1-6(2)9-8(10(11,12)13)3-7(4-14)5-15-9/h3,5-6H,1-2H3. The van der Waals surface area contributed by atoms with Gasteiger partial charge in [-0.2, -0.15) is 18.4 Å². The first-order valence-corrected chi connectivity index (χ1v) is 4.33. The summed E-state index contributed by atoms with van der Waals surface area (Å²) in [6, 6.07) is 2.48. The van der Waals surface area contributed by atoms with Crippen molar-refractivity contribution < 1.29 is 13.2 Å². The van der Waals surface area contributed by atoms with Crippen molar-refractivity contribution in [3.63, 3.8) is 0 Å². The van der Waals surface area contributed by atoms with Crippen LogP contribution in [-0.4, -0.2) is 4.98 Å². The average molecular weight is 214 g/mol. The van der Waals surface area contributed by atoms with Gasteiger partial charge in [0.1, 0.15) is 6.07 Å². The molecule has 0 unspecified atom stereocenters. The van der Waals surface area contributed by atoms with Crippen LogP contribution in [0.2, 0.25) is 0 Å². The van der Waals surface area contributed by atoms with Crippen molar-refractivity contribution in [1.82, 2.24) is 4.98 Å². The molecule has 0 bridgehead atoms. The van der Waals surface area contributed by atoms with Crippen molar-refractivity contribution in [2.45, 2.75) is 25.9 Å². The topological polar surface area (TPSA) is 36.7 Å². The highest BCUT2D eigenvalue weighted by molar-refractivity contribution is 5.35. The predicted molar refractivity (Wildman–Crippen MR) is 48.0 cm³/mol. The molecule has 80 valence electrons. The summed E-state index contributed by atoms with van der Waals surface area (Å²) in [7, 11) is 0. The van der Waals surface area contributed by atoms with Gasteiger partial charge in [-0.05, 0) is 12.0 Å². The number of nitriles is 1. The lowest BCUT2D eigenvalue weighted by molar-refractivity contribution is -0.138. The predicted octanol–water partition coefficient (Wildman–Crippen LogP) is 3.10. The molecule has 0 aliphatic carbocycles. The molecule has 0 spiro atoms. The van der Waals surface area contributed by atoms with E-state index in [1.807, 2.05) is 0 Å². The maximum atomic E-state index is 12.6. The molecule has 0 aromatic carbocycles. The first kappa shape index (κ1) is 11.5. The second-order valence-corrected chi connectivity index (χ2v) is 3.42. The van der Waals surface area contributed by atoms with Crippen LogP contribution in [0.4, 0.5) is 13.2 Å². The fourth-order valence-corrected chi connectivity index (χ4v) is 1.22. The van der Waals surface area contributed by atoms with E-state index in [1.54, 1.807) is 19.9 Å². The summed E-state index contributed by atoms with van der Waals surface area (Å²) in [5, 5.41) is 8.50. The Kier molecular flexibility index (Phi) is 2.98. The SMILES string of the molecule is CC(C)c1ncc(C#N)cc1C(F)(F)F. The van der Waals surface area contributed by atoms with Gasteiger partial charge in [-0.25, -0.2) is 0 Å². The first-order chi connectivity index (χ1) is 6.86. The maximum absolute atomic E-state index is 12.6. The normalized spacial score (nSPS) is 11.5. The van der Waals surface area contributed by atoms with Crippen molar-refractivity contribution >= 4 is 0 Å². The van der Waals surface area contributed by atoms with Gasteiger partial charge in [0, 0.05) is 6.20 Å². The number of aromatic nitrogens is 1. The zero-order valence-electron chi connectivity index (χ0n) is 8.26. The molecule has 0 saturated heterocycles. The summed E-state index contributed by atoms with van der Waals surface area (Å²) in [4.78, 5) is 3.67. The molecule has 0 saturated carbocycles. The van der Waals surface area contributed by atoms with E-state index in [4.69, 9.17) is 5.26 Å². The van der Waals surface area contributed by atoms with Crippen LogP contribution in [-0.2, 0) is 6.18 Å². The van der Waals surface area contributed by atoms with E-state index < -0.39 is 11.7 Å². The van der Waals surface area contributed by atoms with Gasteiger partial charge in [0.25, 0.3) is 0 Å². The minimum Gasteiger partial charge on any atom is -0.259 e. The zero-order valence-corrected chi connectivity index (χ0v) is 8.26. The van der Waals surface area contributed by atoms with Gasteiger partial charge in [-0.15, -0.1) is 0 Å². The van der Waals surface area contributed by atoms with Gasteiger partial charge >= 0.3 is 6.18 Å². The van der Waals surface area contributed by atoms with Gasteiger partial charge < -0.3 is 0 Å². The highest BCUT2D eigenvalue weighted by Crippen LogP contribution is 2.34.